The van der Waals surface area contributed by atoms with E-state index in [2.05, 4.69) is 5.32 Å². The molecule has 0 bridgehead atoms. The second-order valence-corrected chi connectivity index (χ2v) is 4.78. The Balaban J connectivity index is 1.78. The zero-order valence-electron chi connectivity index (χ0n) is 11.0. The minimum absolute atomic E-state index is 0.0164. The van der Waals surface area contributed by atoms with Gasteiger partial charge in [0.2, 0.25) is 5.91 Å². The van der Waals surface area contributed by atoms with E-state index >= 15 is 0 Å². The van der Waals surface area contributed by atoms with Crippen LogP contribution < -0.4 is 15.8 Å². The molecule has 1 aliphatic rings. The number of rotatable bonds is 8. The number of hydrogen-bond acceptors (Lipinski definition) is 5. The maximum Gasteiger partial charge on any atom is 0.269 e. The van der Waals surface area contributed by atoms with Crippen LogP contribution in [0.25, 0.3) is 0 Å². The summed E-state index contributed by atoms with van der Waals surface area (Å²) in [5, 5.41) is 13.7. The van der Waals surface area contributed by atoms with Crippen LogP contribution in [-0.2, 0) is 4.79 Å². The molecule has 0 aromatic heterocycles. The normalized spacial score (nSPS) is 15.6. The van der Waals surface area contributed by atoms with Gasteiger partial charge in [-0.25, -0.2) is 0 Å². The quantitative estimate of drug-likeness (QED) is 0.544. The minimum Gasteiger partial charge on any atom is -0.494 e. The SMILES string of the molecule is NC(=O)C(CCOc1ccc([N+](=O)[O-])cc1)NC1CC1. The van der Waals surface area contributed by atoms with Crippen LogP contribution in [-0.4, -0.2) is 29.5 Å². The summed E-state index contributed by atoms with van der Waals surface area (Å²) in [6.45, 7) is 0.325. The van der Waals surface area contributed by atoms with E-state index in [0.29, 0.717) is 24.8 Å². The first-order valence-electron chi connectivity index (χ1n) is 6.49. The summed E-state index contributed by atoms with van der Waals surface area (Å²) < 4.78 is 5.45. The highest BCUT2D eigenvalue weighted by atomic mass is 16.6. The van der Waals surface area contributed by atoms with Crippen molar-refractivity contribution in [3.05, 3.63) is 34.4 Å². The Morgan fingerprint density at radius 2 is 2.10 bits per heavy atom. The number of nitrogens with one attached hydrogen (secondary N) is 1. The molecule has 0 spiro atoms. The number of hydrogen-bond donors (Lipinski definition) is 2. The van der Waals surface area contributed by atoms with Crippen LogP contribution in [0.2, 0.25) is 0 Å². The molecule has 1 aliphatic carbocycles. The third-order valence-corrected chi connectivity index (χ3v) is 3.08. The summed E-state index contributed by atoms with van der Waals surface area (Å²) in [4.78, 5) is 21.3. The molecule has 1 unspecified atom stereocenters. The maximum atomic E-state index is 11.3. The molecule has 0 aliphatic heterocycles. The van der Waals surface area contributed by atoms with Crippen LogP contribution >= 0.6 is 0 Å². The van der Waals surface area contributed by atoms with Crippen LogP contribution in [0.4, 0.5) is 5.69 Å². The number of ether oxygens (including phenoxy) is 1. The summed E-state index contributed by atoms with van der Waals surface area (Å²) in [7, 11) is 0. The Morgan fingerprint density at radius 3 is 2.60 bits per heavy atom. The van der Waals surface area contributed by atoms with Gasteiger partial charge < -0.3 is 15.8 Å². The molecule has 108 valence electrons. The number of amides is 1. The van der Waals surface area contributed by atoms with Gasteiger partial charge >= 0.3 is 0 Å². The predicted molar refractivity (Wildman–Crippen MR) is 72.3 cm³/mol. The van der Waals surface area contributed by atoms with Gasteiger partial charge in [0, 0.05) is 24.6 Å². The molecule has 1 amide bonds. The fraction of sp³-hybridized carbons (Fsp3) is 0.462. The van der Waals surface area contributed by atoms with Crippen LogP contribution in [0, 0.1) is 10.1 Å². The molecule has 1 aromatic carbocycles. The van der Waals surface area contributed by atoms with E-state index < -0.39 is 4.92 Å². The molecule has 20 heavy (non-hydrogen) atoms. The Labute approximate surface area is 116 Å². The molecule has 1 aromatic rings. The van der Waals surface area contributed by atoms with Gasteiger partial charge in [-0.1, -0.05) is 0 Å². The second kappa shape index (κ2) is 6.33. The van der Waals surface area contributed by atoms with Gasteiger partial charge in [-0.15, -0.1) is 0 Å². The monoisotopic (exact) mass is 279 g/mol. The average molecular weight is 279 g/mol. The Morgan fingerprint density at radius 1 is 1.45 bits per heavy atom. The van der Waals surface area contributed by atoms with Crippen molar-refractivity contribution < 1.29 is 14.5 Å². The molecular formula is C13H17N3O4. The number of carbonyl (C=O) groups is 1. The van der Waals surface area contributed by atoms with Crippen molar-refractivity contribution in [2.24, 2.45) is 5.73 Å². The Kier molecular flexibility index (Phi) is 4.52. The summed E-state index contributed by atoms with van der Waals surface area (Å²) in [6.07, 6.45) is 2.63. The van der Waals surface area contributed by atoms with Crippen molar-refractivity contribution in [1.82, 2.24) is 5.32 Å². The van der Waals surface area contributed by atoms with Crippen LogP contribution in [0.1, 0.15) is 19.3 Å². The number of nitro groups is 1. The van der Waals surface area contributed by atoms with E-state index in [0.717, 1.165) is 12.8 Å². The van der Waals surface area contributed by atoms with Gasteiger partial charge in [0.1, 0.15) is 5.75 Å². The number of non-ortho nitro benzene ring substituents is 1. The zero-order valence-corrected chi connectivity index (χ0v) is 11.0. The summed E-state index contributed by atoms with van der Waals surface area (Å²) in [6, 6.07) is 5.83. The van der Waals surface area contributed by atoms with E-state index in [4.69, 9.17) is 10.5 Å². The molecule has 7 heteroatoms. The largest absolute Gasteiger partial charge is 0.494 e. The zero-order chi connectivity index (χ0) is 14.5. The number of nitrogens with two attached hydrogens (primary N) is 1. The number of benzene rings is 1. The molecule has 0 heterocycles. The molecule has 7 nitrogen and oxygen atoms in total. The summed E-state index contributed by atoms with van der Waals surface area (Å²) >= 11 is 0. The van der Waals surface area contributed by atoms with Gasteiger partial charge in [0.05, 0.1) is 17.6 Å². The Hall–Kier alpha value is -2.15. The van der Waals surface area contributed by atoms with E-state index in [9.17, 15) is 14.9 Å². The van der Waals surface area contributed by atoms with Crippen molar-refractivity contribution in [3.8, 4) is 5.75 Å². The van der Waals surface area contributed by atoms with Crippen molar-refractivity contribution in [3.63, 3.8) is 0 Å². The standard InChI is InChI=1S/C13H17N3O4/c14-13(17)12(15-9-1-2-9)7-8-20-11-5-3-10(4-6-11)16(18)19/h3-6,9,12,15H,1-2,7-8H2,(H2,14,17). The van der Waals surface area contributed by atoms with Crippen molar-refractivity contribution in [2.45, 2.75) is 31.3 Å². The highest BCUT2D eigenvalue weighted by molar-refractivity contribution is 5.79. The minimum atomic E-state index is -0.466. The fourth-order valence-corrected chi connectivity index (χ4v) is 1.80. The third kappa shape index (κ3) is 4.20. The number of nitro benzene ring substituents is 1. The van der Waals surface area contributed by atoms with Crippen LogP contribution in [0.5, 0.6) is 5.75 Å². The highest BCUT2D eigenvalue weighted by Crippen LogP contribution is 2.20. The second-order valence-electron chi connectivity index (χ2n) is 4.78. The lowest BCUT2D eigenvalue weighted by Crippen LogP contribution is -2.43. The van der Waals surface area contributed by atoms with E-state index in [1.165, 1.54) is 24.3 Å². The van der Waals surface area contributed by atoms with Gasteiger partial charge in [-0.2, -0.15) is 0 Å². The number of carbonyl (C=O) groups excluding carboxylic acids is 1. The number of primary amides is 1. The first kappa shape index (κ1) is 14.3. The first-order chi connectivity index (χ1) is 9.56. The molecule has 2 rings (SSSR count). The maximum absolute atomic E-state index is 11.3. The lowest BCUT2D eigenvalue weighted by Gasteiger charge is -2.15. The van der Waals surface area contributed by atoms with Crippen molar-refractivity contribution in [1.29, 1.82) is 0 Å². The van der Waals surface area contributed by atoms with Gasteiger partial charge in [0.15, 0.2) is 0 Å². The van der Waals surface area contributed by atoms with E-state index in [1.54, 1.807) is 0 Å². The Bertz CT molecular complexity index is 485. The number of nitrogens with zero attached hydrogens (tertiary/aromatic N) is 1. The molecule has 0 radical (unpaired) electrons. The topological polar surface area (TPSA) is 107 Å². The summed E-state index contributed by atoms with van der Waals surface area (Å²) in [5.41, 5.74) is 5.33. The van der Waals surface area contributed by atoms with Crippen LogP contribution in [0.3, 0.4) is 0 Å². The average Bonchev–Trinajstić information content (AvgIpc) is 3.22. The van der Waals surface area contributed by atoms with Gasteiger partial charge in [-0.05, 0) is 25.0 Å². The molecule has 1 atom stereocenters. The van der Waals surface area contributed by atoms with Crippen molar-refractivity contribution in [2.75, 3.05) is 6.61 Å². The first-order valence-corrected chi connectivity index (χ1v) is 6.49. The fourth-order valence-electron chi connectivity index (χ4n) is 1.80. The van der Waals surface area contributed by atoms with Gasteiger partial charge in [-0.3, -0.25) is 14.9 Å². The van der Waals surface area contributed by atoms with Crippen LogP contribution in [0.15, 0.2) is 24.3 Å². The summed E-state index contributed by atoms with van der Waals surface area (Å²) in [5.74, 6) is 0.148. The molecule has 1 saturated carbocycles. The lowest BCUT2D eigenvalue weighted by molar-refractivity contribution is -0.384. The predicted octanol–water partition coefficient (Wildman–Crippen LogP) is 0.970. The highest BCUT2D eigenvalue weighted by Gasteiger charge is 2.27. The lowest BCUT2D eigenvalue weighted by atomic mass is 10.2. The van der Waals surface area contributed by atoms with Gasteiger partial charge in [0.25, 0.3) is 5.69 Å². The molecule has 1 fully saturated rings. The molecular weight excluding hydrogens is 262 g/mol. The molecule has 3 N–H and O–H groups in total. The van der Waals surface area contributed by atoms with Crippen molar-refractivity contribution >= 4 is 11.6 Å². The van der Waals surface area contributed by atoms with E-state index in [1.807, 2.05) is 0 Å². The smallest absolute Gasteiger partial charge is 0.269 e. The third-order valence-electron chi connectivity index (χ3n) is 3.08. The van der Waals surface area contributed by atoms with E-state index in [-0.39, 0.29) is 17.6 Å². The molecule has 0 saturated heterocycles.